The monoisotopic (exact) mass is 266 g/mol. The molecule has 1 aliphatic heterocycles. The van der Waals surface area contributed by atoms with Crippen LogP contribution >= 0.6 is 0 Å². The molecule has 2 saturated carbocycles. The lowest BCUT2D eigenvalue weighted by Crippen LogP contribution is -2.55. The van der Waals surface area contributed by atoms with E-state index in [0.29, 0.717) is 29.5 Å². The number of morpholine rings is 1. The highest BCUT2D eigenvalue weighted by molar-refractivity contribution is 4.97. The third-order valence-electron chi connectivity index (χ3n) is 5.89. The van der Waals surface area contributed by atoms with E-state index in [9.17, 15) is 0 Å². The molecule has 1 saturated heterocycles. The fraction of sp³-hybridized carbons (Fsp3) is 1.00. The summed E-state index contributed by atoms with van der Waals surface area (Å²) in [5.41, 5.74) is 6.82. The van der Waals surface area contributed by atoms with Gasteiger partial charge in [-0.25, -0.2) is 0 Å². The summed E-state index contributed by atoms with van der Waals surface area (Å²) in [4.78, 5) is 2.71. The van der Waals surface area contributed by atoms with Crippen molar-refractivity contribution in [3.05, 3.63) is 0 Å². The molecule has 110 valence electrons. The van der Waals surface area contributed by atoms with Gasteiger partial charge >= 0.3 is 0 Å². The Balaban J connectivity index is 1.62. The van der Waals surface area contributed by atoms with E-state index in [0.717, 1.165) is 13.2 Å². The second kappa shape index (κ2) is 5.34. The second-order valence-corrected chi connectivity index (χ2v) is 7.57. The van der Waals surface area contributed by atoms with Crippen LogP contribution in [-0.2, 0) is 4.74 Å². The number of rotatable bonds is 2. The van der Waals surface area contributed by atoms with E-state index in [2.05, 4.69) is 18.7 Å². The minimum Gasteiger partial charge on any atom is -0.375 e. The Morgan fingerprint density at radius 2 is 2.00 bits per heavy atom. The van der Waals surface area contributed by atoms with Crippen molar-refractivity contribution in [1.29, 1.82) is 0 Å². The van der Waals surface area contributed by atoms with Crippen molar-refractivity contribution in [3.63, 3.8) is 0 Å². The molecule has 3 fully saturated rings. The first-order valence-electron chi connectivity index (χ1n) is 8.19. The zero-order valence-corrected chi connectivity index (χ0v) is 12.6. The standard InChI is InChI=1S/C16H30N2O/c1-16(2)8-7-12(15(16)17)11-18-9-10-19-14-6-4-3-5-13(14)18/h12-15H,3-11,17H2,1-2H3. The van der Waals surface area contributed by atoms with Crippen molar-refractivity contribution in [2.75, 3.05) is 19.7 Å². The lowest BCUT2D eigenvalue weighted by molar-refractivity contribution is -0.0925. The Bertz CT molecular complexity index is 316. The average molecular weight is 266 g/mol. The van der Waals surface area contributed by atoms with E-state index in [1.807, 2.05) is 0 Å². The van der Waals surface area contributed by atoms with Crippen molar-refractivity contribution in [2.45, 2.75) is 70.6 Å². The first kappa shape index (κ1) is 13.8. The summed E-state index contributed by atoms with van der Waals surface area (Å²) < 4.78 is 5.97. The molecule has 0 aromatic carbocycles. The van der Waals surface area contributed by atoms with Crippen molar-refractivity contribution in [1.82, 2.24) is 4.90 Å². The summed E-state index contributed by atoms with van der Waals surface area (Å²) >= 11 is 0. The molecule has 0 aromatic rings. The largest absolute Gasteiger partial charge is 0.375 e. The van der Waals surface area contributed by atoms with Gasteiger partial charge in [0, 0.05) is 25.2 Å². The van der Waals surface area contributed by atoms with Crippen molar-refractivity contribution < 1.29 is 4.74 Å². The van der Waals surface area contributed by atoms with Gasteiger partial charge in [-0.3, -0.25) is 4.90 Å². The third-order valence-corrected chi connectivity index (χ3v) is 5.89. The van der Waals surface area contributed by atoms with Crippen molar-refractivity contribution in [2.24, 2.45) is 17.1 Å². The van der Waals surface area contributed by atoms with Gasteiger partial charge in [-0.2, -0.15) is 0 Å². The molecule has 3 heteroatoms. The first-order chi connectivity index (χ1) is 9.08. The molecular weight excluding hydrogens is 236 g/mol. The van der Waals surface area contributed by atoms with Gasteiger partial charge in [-0.15, -0.1) is 0 Å². The van der Waals surface area contributed by atoms with Gasteiger partial charge in [-0.05, 0) is 37.0 Å². The van der Waals surface area contributed by atoms with Crippen LogP contribution in [0.3, 0.4) is 0 Å². The van der Waals surface area contributed by atoms with E-state index < -0.39 is 0 Å². The van der Waals surface area contributed by atoms with Crippen LogP contribution in [0.2, 0.25) is 0 Å². The number of ether oxygens (including phenoxy) is 1. The lowest BCUT2D eigenvalue weighted by atomic mass is 9.84. The second-order valence-electron chi connectivity index (χ2n) is 7.57. The van der Waals surface area contributed by atoms with E-state index in [-0.39, 0.29) is 0 Å². The fourth-order valence-electron chi connectivity index (χ4n) is 4.45. The van der Waals surface area contributed by atoms with Crippen molar-refractivity contribution >= 4 is 0 Å². The topological polar surface area (TPSA) is 38.5 Å². The highest BCUT2D eigenvalue weighted by Gasteiger charge is 2.42. The summed E-state index contributed by atoms with van der Waals surface area (Å²) in [7, 11) is 0. The van der Waals surface area contributed by atoms with Crippen LogP contribution in [0.25, 0.3) is 0 Å². The van der Waals surface area contributed by atoms with Crippen LogP contribution in [0.4, 0.5) is 0 Å². The molecule has 2 aliphatic carbocycles. The molecule has 0 bridgehead atoms. The quantitative estimate of drug-likeness (QED) is 0.834. The van der Waals surface area contributed by atoms with Crippen LogP contribution in [0.5, 0.6) is 0 Å². The fourth-order valence-corrected chi connectivity index (χ4v) is 4.45. The molecule has 19 heavy (non-hydrogen) atoms. The Morgan fingerprint density at radius 1 is 1.21 bits per heavy atom. The molecule has 3 aliphatic rings. The Labute approximate surface area is 117 Å². The molecular formula is C16H30N2O. The minimum absolute atomic E-state index is 0.336. The zero-order valence-electron chi connectivity index (χ0n) is 12.6. The molecule has 0 aromatic heterocycles. The Morgan fingerprint density at radius 3 is 2.74 bits per heavy atom. The van der Waals surface area contributed by atoms with Crippen LogP contribution in [0.1, 0.15) is 52.4 Å². The number of hydrogen-bond acceptors (Lipinski definition) is 3. The van der Waals surface area contributed by atoms with Gasteiger partial charge in [0.05, 0.1) is 12.7 Å². The number of nitrogens with two attached hydrogens (primary N) is 1. The molecule has 4 atom stereocenters. The van der Waals surface area contributed by atoms with Gasteiger partial charge in [0.1, 0.15) is 0 Å². The van der Waals surface area contributed by atoms with Gasteiger partial charge in [0.15, 0.2) is 0 Å². The van der Waals surface area contributed by atoms with Crippen LogP contribution in [0.15, 0.2) is 0 Å². The summed E-state index contributed by atoms with van der Waals surface area (Å²) in [6.07, 6.45) is 8.43. The number of hydrogen-bond donors (Lipinski definition) is 1. The summed E-state index contributed by atoms with van der Waals surface area (Å²) in [6.45, 7) is 7.91. The maximum atomic E-state index is 6.48. The van der Waals surface area contributed by atoms with Gasteiger partial charge in [0.2, 0.25) is 0 Å². The first-order valence-corrected chi connectivity index (χ1v) is 8.19. The molecule has 3 rings (SSSR count). The van der Waals surface area contributed by atoms with E-state index in [4.69, 9.17) is 10.5 Å². The lowest BCUT2D eigenvalue weighted by Gasteiger charge is -2.45. The maximum absolute atomic E-state index is 6.48. The summed E-state index contributed by atoms with van der Waals surface area (Å²) in [5, 5.41) is 0. The number of nitrogens with zero attached hydrogens (tertiary/aromatic N) is 1. The van der Waals surface area contributed by atoms with E-state index in [1.54, 1.807) is 0 Å². The normalized spacial score (nSPS) is 43.1. The van der Waals surface area contributed by atoms with Crippen LogP contribution in [-0.4, -0.2) is 42.8 Å². The summed E-state index contributed by atoms with van der Waals surface area (Å²) in [6, 6.07) is 1.05. The Hall–Kier alpha value is -0.120. The molecule has 4 unspecified atom stereocenters. The van der Waals surface area contributed by atoms with Crippen LogP contribution < -0.4 is 5.73 Å². The molecule has 1 heterocycles. The smallest absolute Gasteiger partial charge is 0.0730 e. The summed E-state index contributed by atoms with van der Waals surface area (Å²) in [5.74, 6) is 0.690. The molecule has 0 amide bonds. The molecule has 0 spiro atoms. The third kappa shape index (κ3) is 2.70. The van der Waals surface area contributed by atoms with Crippen molar-refractivity contribution in [3.8, 4) is 0 Å². The van der Waals surface area contributed by atoms with E-state index >= 15 is 0 Å². The minimum atomic E-state index is 0.336. The Kier molecular flexibility index (Phi) is 3.89. The van der Waals surface area contributed by atoms with Gasteiger partial charge in [0.25, 0.3) is 0 Å². The van der Waals surface area contributed by atoms with Crippen LogP contribution in [0, 0.1) is 11.3 Å². The molecule has 3 nitrogen and oxygen atoms in total. The van der Waals surface area contributed by atoms with Gasteiger partial charge in [-0.1, -0.05) is 26.7 Å². The highest BCUT2D eigenvalue weighted by atomic mass is 16.5. The average Bonchev–Trinajstić information content (AvgIpc) is 2.66. The number of fused-ring (bicyclic) bond motifs is 1. The maximum Gasteiger partial charge on any atom is 0.0730 e. The predicted molar refractivity (Wildman–Crippen MR) is 78.0 cm³/mol. The molecule has 0 radical (unpaired) electrons. The van der Waals surface area contributed by atoms with Gasteiger partial charge < -0.3 is 10.5 Å². The zero-order chi connectivity index (χ0) is 13.5. The SMILES string of the molecule is CC1(C)CCC(CN2CCOC3CCCCC32)C1N. The van der Waals surface area contributed by atoms with E-state index in [1.165, 1.54) is 45.1 Å². The molecule has 2 N–H and O–H groups in total. The highest BCUT2D eigenvalue weighted by Crippen LogP contribution is 2.41. The predicted octanol–water partition coefficient (Wildman–Crippen LogP) is 2.39.